The monoisotopic (exact) mass is 345 g/mol. The van der Waals surface area contributed by atoms with Crippen molar-refractivity contribution in [1.29, 1.82) is 5.26 Å². The molecule has 1 amide bonds. The van der Waals surface area contributed by atoms with Crippen molar-refractivity contribution in [3.05, 3.63) is 57.2 Å². The largest absolute Gasteiger partial charge is 0.335 e. The molecular weight excluding hydrogens is 330 g/mol. The molecule has 1 unspecified atom stereocenters. The van der Waals surface area contributed by atoms with Crippen LogP contribution < -0.4 is 0 Å². The normalized spacial score (nSPS) is 16.8. The van der Waals surface area contributed by atoms with Crippen LogP contribution >= 0.6 is 22.9 Å². The summed E-state index contributed by atoms with van der Waals surface area (Å²) in [4.78, 5) is 17.1. The predicted octanol–water partition coefficient (Wildman–Crippen LogP) is 3.42. The summed E-state index contributed by atoms with van der Waals surface area (Å²) < 4.78 is 0. The average Bonchev–Trinajstić information content (AvgIpc) is 3.10. The van der Waals surface area contributed by atoms with E-state index in [-0.39, 0.29) is 11.9 Å². The first-order valence-electron chi connectivity index (χ1n) is 7.41. The molecule has 1 aromatic heterocycles. The fraction of sp³-hybridized carbons (Fsp3) is 0.294. The van der Waals surface area contributed by atoms with Gasteiger partial charge in [0.1, 0.15) is 6.04 Å². The molecule has 1 aliphatic rings. The van der Waals surface area contributed by atoms with Crippen molar-refractivity contribution in [1.82, 2.24) is 9.80 Å². The highest BCUT2D eigenvalue weighted by Crippen LogP contribution is 2.24. The van der Waals surface area contributed by atoms with E-state index in [1.54, 1.807) is 6.07 Å². The second kappa shape index (κ2) is 7.14. The van der Waals surface area contributed by atoms with Gasteiger partial charge in [-0.2, -0.15) is 5.26 Å². The van der Waals surface area contributed by atoms with Crippen molar-refractivity contribution >= 4 is 28.8 Å². The first kappa shape index (κ1) is 16.0. The first-order valence-corrected chi connectivity index (χ1v) is 8.66. The van der Waals surface area contributed by atoms with Gasteiger partial charge in [0.05, 0.1) is 10.9 Å². The number of carbonyl (C=O) groups is 1. The highest BCUT2D eigenvalue weighted by molar-refractivity contribution is 7.12. The Labute approximate surface area is 144 Å². The SMILES string of the molecule is N#CC(c1cccc(Cl)c1)N1CCN(C(=O)c2cccs2)CC1. The summed E-state index contributed by atoms with van der Waals surface area (Å²) in [5, 5.41) is 12.1. The molecule has 23 heavy (non-hydrogen) atoms. The third-order valence-electron chi connectivity index (χ3n) is 3.99. The Morgan fingerprint density at radius 2 is 2.00 bits per heavy atom. The molecule has 1 aromatic carbocycles. The second-order valence-corrected chi connectivity index (χ2v) is 6.78. The maximum Gasteiger partial charge on any atom is 0.264 e. The van der Waals surface area contributed by atoms with Crippen LogP contribution in [0.3, 0.4) is 0 Å². The zero-order valence-electron chi connectivity index (χ0n) is 12.5. The lowest BCUT2D eigenvalue weighted by atomic mass is 10.1. The Morgan fingerprint density at radius 3 is 2.61 bits per heavy atom. The van der Waals surface area contributed by atoms with Crippen molar-refractivity contribution < 1.29 is 4.79 Å². The van der Waals surface area contributed by atoms with Gasteiger partial charge in [-0.3, -0.25) is 9.69 Å². The Kier molecular flexibility index (Phi) is 4.97. The number of thiophene rings is 1. The van der Waals surface area contributed by atoms with Crippen LogP contribution in [0.15, 0.2) is 41.8 Å². The van der Waals surface area contributed by atoms with Crippen LogP contribution in [0.5, 0.6) is 0 Å². The zero-order chi connectivity index (χ0) is 16.2. The van der Waals surface area contributed by atoms with Gasteiger partial charge in [0.2, 0.25) is 0 Å². The van der Waals surface area contributed by atoms with Crippen molar-refractivity contribution in [3.63, 3.8) is 0 Å². The summed E-state index contributed by atoms with van der Waals surface area (Å²) >= 11 is 7.49. The van der Waals surface area contributed by atoms with Crippen LogP contribution in [0.25, 0.3) is 0 Å². The molecule has 1 atom stereocenters. The third-order valence-corrected chi connectivity index (χ3v) is 5.08. The number of amides is 1. The van der Waals surface area contributed by atoms with Gasteiger partial charge in [0.25, 0.3) is 5.91 Å². The van der Waals surface area contributed by atoms with Gasteiger partial charge < -0.3 is 4.90 Å². The molecule has 0 spiro atoms. The number of halogens is 1. The number of rotatable bonds is 3. The van der Waals surface area contributed by atoms with Gasteiger partial charge in [-0.05, 0) is 29.1 Å². The molecule has 0 radical (unpaired) electrons. The number of carbonyl (C=O) groups excluding carboxylic acids is 1. The zero-order valence-corrected chi connectivity index (χ0v) is 14.1. The minimum Gasteiger partial charge on any atom is -0.335 e. The molecule has 4 nitrogen and oxygen atoms in total. The van der Waals surface area contributed by atoms with Crippen LogP contribution in [-0.4, -0.2) is 41.9 Å². The van der Waals surface area contributed by atoms with Crippen LogP contribution in [0.4, 0.5) is 0 Å². The molecule has 0 N–H and O–H groups in total. The van der Waals surface area contributed by atoms with Crippen molar-refractivity contribution in [2.45, 2.75) is 6.04 Å². The standard InChI is InChI=1S/C17H16ClN3OS/c18-14-4-1-3-13(11-14)15(12-19)20-6-8-21(9-7-20)17(22)16-5-2-10-23-16/h1-5,10-11,15H,6-9H2. The van der Waals surface area contributed by atoms with E-state index in [2.05, 4.69) is 11.0 Å². The lowest BCUT2D eigenvalue weighted by Crippen LogP contribution is -2.49. The summed E-state index contributed by atoms with van der Waals surface area (Å²) in [5.41, 5.74) is 0.901. The minimum atomic E-state index is -0.326. The molecule has 0 saturated carbocycles. The summed E-state index contributed by atoms with van der Waals surface area (Å²) in [6, 6.07) is 13.2. The number of benzene rings is 1. The molecule has 2 aromatic rings. The van der Waals surface area contributed by atoms with Gasteiger partial charge in [-0.15, -0.1) is 11.3 Å². The first-order chi connectivity index (χ1) is 11.2. The molecular formula is C17H16ClN3OS. The lowest BCUT2D eigenvalue weighted by molar-refractivity contribution is 0.0611. The molecule has 2 heterocycles. The molecule has 1 fully saturated rings. The van der Waals surface area contributed by atoms with E-state index in [0.717, 1.165) is 10.4 Å². The fourth-order valence-electron chi connectivity index (χ4n) is 2.78. The molecule has 3 rings (SSSR count). The predicted molar refractivity (Wildman–Crippen MR) is 91.6 cm³/mol. The van der Waals surface area contributed by atoms with Crippen LogP contribution in [0.2, 0.25) is 5.02 Å². The van der Waals surface area contributed by atoms with E-state index in [1.807, 2.05) is 40.6 Å². The lowest BCUT2D eigenvalue weighted by Gasteiger charge is -2.36. The van der Waals surface area contributed by atoms with Crippen LogP contribution in [0, 0.1) is 11.3 Å². The van der Waals surface area contributed by atoms with Crippen LogP contribution in [0.1, 0.15) is 21.3 Å². The van der Waals surface area contributed by atoms with Gasteiger partial charge >= 0.3 is 0 Å². The summed E-state index contributed by atoms with van der Waals surface area (Å²) in [5.74, 6) is 0.0795. The molecule has 1 saturated heterocycles. The molecule has 0 bridgehead atoms. The van der Waals surface area contributed by atoms with E-state index >= 15 is 0 Å². The van der Waals surface area contributed by atoms with Crippen molar-refractivity contribution in [2.75, 3.05) is 26.2 Å². The number of hydrogen-bond donors (Lipinski definition) is 0. The molecule has 118 valence electrons. The maximum atomic E-state index is 12.4. The van der Waals surface area contributed by atoms with E-state index in [1.165, 1.54) is 11.3 Å². The van der Waals surface area contributed by atoms with Gasteiger partial charge in [-0.25, -0.2) is 0 Å². The van der Waals surface area contributed by atoms with Gasteiger partial charge in [0.15, 0.2) is 0 Å². The Morgan fingerprint density at radius 1 is 1.22 bits per heavy atom. The number of nitrogens with zero attached hydrogens (tertiary/aromatic N) is 3. The van der Waals surface area contributed by atoms with Gasteiger partial charge in [0, 0.05) is 31.2 Å². The Hall–Kier alpha value is -1.87. The minimum absolute atomic E-state index is 0.0795. The number of hydrogen-bond acceptors (Lipinski definition) is 4. The second-order valence-electron chi connectivity index (χ2n) is 5.39. The van der Waals surface area contributed by atoms with Crippen molar-refractivity contribution in [2.24, 2.45) is 0 Å². The number of piperazine rings is 1. The topological polar surface area (TPSA) is 47.3 Å². The third kappa shape index (κ3) is 3.56. The van der Waals surface area contributed by atoms with E-state index < -0.39 is 0 Å². The quantitative estimate of drug-likeness (QED) is 0.856. The summed E-state index contributed by atoms with van der Waals surface area (Å²) in [6.45, 7) is 2.63. The fourth-order valence-corrected chi connectivity index (χ4v) is 3.67. The number of nitriles is 1. The van der Waals surface area contributed by atoms with E-state index in [4.69, 9.17) is 11.6 Å². The average molecular weight is 346 g/mol. The Bertz CT molecular complexity index is 718. The van der Waals surface area contributed by atoms with E-state index in [0.29, 0.717) is 31.2 Å². The Balaban J connectivity index is 1.66. The van der Waals surface area contributed by atoms with E-state index in [9.17, 15) is 10.1 Å². The summed E-state index contributed by atoms with van der Waals surface area (Å²) in [6.07, 6.45) is 0. The highest BCUT2D eigenvalue weighted by atomic mass is 35.5. The molecule has 1 aliphatic heterocycles. The van der Waals surface area contributed by atoms with Crippen LogP contribution in [-0.2, 0) is 0 Å². The highest BCUT2D eigenvalue weighted by Gasteiger charge is 2.27. The van der Waals surface area contributed by atoms with Gasteiger partial charge in [-0.1, -0.05) is 29.8 Å². The molecule has 0 aliphatic carbocycles. The molecule has 6 heteroatoms. The maximum absolute atomic E-state index is 12.4. The summed E-state index contributed by atoms with van der Waals surface area (Å²) in [7, 11) is 0. The van der Waals surface area contributed by atoms with Crippen molar-refractivity contribution in [3.8, 4) is 6.07 Å². The smallest absolute Gasteiger partial charge is 0.264 e.